The fourth-order valence-electron chi connectivity index (χ4n) is 3.51. The first-order valence-corrected chi connectivity index (χ1v) is 11.5. The molecule has 30 heavy (non-hydrogen) atoms. The molecule has 0 aliphatic carbocycles. The molecule has 1 heterocycles. The molecular formula is C23H27N3O3S. The maximum absolute atomic E-state index is 13.0. The molecule has 1 aliphatic heterocycles. The zero-order valence-corrected chi connectivity index (χ0v) is 18.4. The standard InChI is InChI=1S/C23H27N3O3S/c1-23(2,3)19-6-10-21(11-7-19)30(28,29)26-14-12-18(13-15-26)22(27)25-20-8-4-17(16-24)5-9-20/h4-11,18H,12-15H2,1-3H3,(H,25,27). The lowest BCUT2D eigenvalue weighted by molar-refractivity contribution is -0.120. The third kappa shape index (κ3) is 4.89. The molecule has 1 saturated heterocycles. The zero-order chi connectivity index (χ0) is 21.9. The van der Waals surface area contributed by atoms with Gasteiger partial charge in [-0.25, -0.2) is 8.42 Å². The first kappa shape index (κ1) is 22.0. The molecule has 6 nitrogen and oxygen atoms in total. The molecular weight excluding hydrogens is 398 g/mol. The SMILES string of the molecule is CC(C)(C)c1ccc(S(=O)(=O)N2CCC(C(=O)Nc3ccc(C#N)cc3)CC2)cc1. The topological polar surface area (TPSA) is 90.3 Å². The van der Waals surface area contributed by atoms with Gasteiger partial charge in [0.1, 0.15) is 0 Å². The average Bonchev–Trinajstić information content (AvgIpc) is 2.74. The Morgan fingerprint density at radius 1 is 1.03 bits per heavy atom. The molecule has 2 aromatic carbocycles. The molecule has 0 radical (unpaired) electrons. The number of carbonyl (C=O) groups excluding carboxylic acids is 1. The molecule has 1 amide bonds. The van der Waals surface area contributed by atoms with Crippen molar-refractivity contribution < 1.29 is 13.2 Å². The van der Waals surface area contributed by atoms with Crippen LogP contribution in [0.1, 0.15) is 44.7 Å². The fraction of sp³-hybridized carbons (Fsp3) is 0.391. The minimum atomic E-state index is -3.57. The number of hydrogen-bond acceptors (Lipinski definition) is 4. The van der Waals surface area contributed by atoms with Crippen molar-refractivity contribution in [3.8, 4) is 6.07 Å². The number of benzene rings is 2. The van der Waals surface area contributed by atoms with Crippen molar-refractivity contribution in [1.29, 1.82) is 5.26 Å². The summed E-state index contributed by atoms with van der Waals surface area (Å²) in [6.07, 6.45) is 0.947. The maximum atomic E-state index is 13.0. The van der Waals surface area contributed by atoms with Crippen LogP contribution in [0.15, 0.2) is 53.4 Å². The second kappa shape index (κ2) is 8.58. The molecule has 3 rings (SSSR count). The fourth-order valence-corrected chi connectivity index (χ4v) is 4.98. The van der Waals surface area contributed by atoms with Gasteiger partial charge in [-0.05, 0) is 60.2 Å². The summed E-state index contributed by atoms with van der Waals surface area (Å²) in [4.78, 5) is 12.8. The van der Waals surface area contributed by atoms with Gasteiger partial charge < -0.3 is 5.32 Å². The summed E-state index contributed by atoms with van der Waals surface area (Å²) in [6.45, 7) is 6.89. The Labute approximate surface area is 178 Å². The van der Waals surface area contributed by atoms with Crippen molar-refractivity contribution in [3.05, 3.63) is 59.7 Å². The molecule has 0 unspecified atom stereocenters. The number of hydrogen-bond donors (Lipinski definition) is 1. The van der Waals surface area contributed by atoms with Gasteiger partial charge in [-0.15, -0.1) is 0 Å². The molecule has 0 atom stereocenters. The van der Waals surface area contributed by atoms with E-state index >= 15 is 0 Å². The summed E-state index contributed by atoms with van der Waals surface area (Å²) in [5.74, 6) is -0.360. The van der Waals surface area contributed by atoms with E-state index in [4.69, 9.17) is 5.26 Å². The van der Waals surface area contributed by atoms with Gasteiger partial charge in [0.2, 0.25) is 15.9 Å². The monoisotopic (exact) mass is 425 g/mol. The third-order valence-corrected chi connectivity index (χ3v) is 7.38. The van der Waals surface area contributed by atoms with E-state index in [9.17, 15) is 13.2 Å². The van der Waals surface area contributed by atoms with E-state index in [-0.39, 0.29) is 22.1 Å². The van der Waals surface area contributed by atoms with Gasteiger partial charge in [-0.1, -0.05) is 32.9 Å². The van der Waals surface area contributed by atoms with Crippen molar-refractivity contribution in [2.45, 2.75) is 43.9 Å². The minimum absolute atomic E-state index is 0.0388. The molecule has 0 bridgehead atoms. The van der Waals surface area contributed by atoms with E-state index in [0.717, 1.165) is 5.56 Å². The molecule has 0 saturated carbocycles. The number of anilines is 1. The largest absolute Gasteiger partial charge is 0.326 e. The molecule has 0 spiro atoms. The van der Waals surface area contributed by atoms with Gasteiger partial charge in [0, 0.05) is 24.7 Å². The highest BCUT2D eigenvalue weighted by molar-refractivity contribution is 7.89. The predicted octanol–water partition coefficient (Wildman–Crippen LogP) is 3.90. The number of carbonyl (C=O) groups is 1. The Balaban J connectivity index is 1.61. The highest BCUT2D eigenvalue weighted by atomic mass is 32.2. The van der Waals surface area contributed by atoms with Gasteiger partial charge in [0.25, 0.3) is 0 Å². The van der Waals surface area contributed by atoms with E-state index < -0.39 is 10.0 Å². The van der Waals surface area contributed by atoms with Crippen LogP contribution < -0.4 is 5.32 Å². The van der Waals surface area contributed by atoms with Crippen LogP contribution in [0.5, 0.6) is 0 Å². The van der Waals surface area contributed by atoms with Gasteiger partial charge >= 0.3 is 0 Å². The molecule has 2 aromatic rings. The minimum Gasteiger partial charge on any atom is -0.326 e. The molecule has 1 aliphatic rings. The van der Waals surface area contributed by atoms with Crippen LogP contribution in [0.25, 0.3) is 0 Å². The number of piperidine rings is 1. The van der Waals surface area contributed by atoms with E-state index in [2.05, 4.69) is 26.1 Å². The lowest BCUT2D eigenvalue weighted by atomic mass is 9.87. The Morgan fingerprint density at radius 3 is 2.10 bits per heavy atom. The number of nitrogens with one attached hydrogen (secondary N) is 1. The Bertz CT molecular complexity index is 1040. The summed E-state index contributed by atoms with van der Waals surface area (Å²) >= 11 is 0. The van der Waals surface area contributed by atoms with E-state index in [0.29, 0.717) is 37.2 Å². The first-order chi connectivity index (χ1) is 14.1. The van der Waals surface area contributed by atoms with Crippen LogP contribution in [0.2, 0.25) is 0 Å². The molecule has 7 heteroatoms. The van der Waals surface area contributed by atoms with Gasteiger partial charge in [-0.3, -0.25) is 4.79 Å². The van der Waals surface area contributed by atoms with Crippen LogP contribution >= 0.6 is 0 Å². The summed E-state index contributed by atoms with van der Waals surface area (Å²) in [5, 5.41) is 11.7. The van der Waals surface area contributed by atoms with Gasteiger partial charge in [0.05, 0.1) is 16.5 Å². The van der Waals surface area contributed by atoms with E-state index in [1.807, 2.05) is 18.2 Å². The lowest BCUT2D eigenvalue weighted by Crippen LogP contribution is -2.41. The summed E-state index contributed by atoms with van der Waals surface area (Å²) in [6, 6.07) is 15.8. The zero-order valence-electron chi connectivity index (χ0n) is 17.6. The van der Waals surface area contributed by atoms with Crippen LogP contribution in [0, 0.1) is 17.2 Å². The van der Waals surface area contributed by atoms with E-state index in [1.54, 1.807) is 36.4 Å². The highest BCUT2D eigenvalue weighted by Crippen LogP contribution is 2.27. The number of sulfonamides is 1. The Morgan fingerprint density at radius 2 is 1.60 bits per heavy atom. The van der Waals surface area contributed by atoms with Crippen LogP contribution in [-0.4, -0.2) is 31.7 Å². The quantitative estimate of drug-likeness (QED) is 0.804. The molecule has 0 aromatic heterocycles. The first-order valence-electron chi connectivity index (χ1n) is 10.0. The second-order valence-corrected chi connectivity index (χ2v) is 10.6. The average molecular weight is 426 g/mol. The van der Waals surface area contributed by atoms with Gasteiger partial charge in [0.15, 0.2) is 0 Å². The third-order valence-electron chi connectivity index (χ3n) is 5.46. The van der Waals surface area contributed by atoms with Crippen molar-refractivity contribution in [2.24, 2.45) is 5.92 Å². The Hall–Kier alpha value is -2.69. The maximum Gasteiger partial charge on any atom is 0.243 e. The molecule has 1 N–H and O–H groups in total. The number of rotatable bonds is 4. The number of nitrogens with zero attached hydrogens (tertiary/aromatic N) is 2. The summed E-state index contributed by atoms with van der Waals surface area (Å²) in [5.41, 5.74) is 2.21. The molecule has 1 fully saturated rings. The summed E-state index contributed by atoms with van der Waals surface area (Å²) in [7, 11) is -3.57. The number of amides is 1. The van der Waals surface area contributed by atoms with Gasteiger partial charge in [-0.2, -0.15) is 9.57 Å². The predicted molar refractivity (Wildman–Crippen MR) is 116 cm³/mol. The second-order valence-electron chi connectivity index (χ2n) is 8.63. The smallest absolute Gasteiger partial charge is 0.243 e. The Kier molecular flexibility index (Phi) is 6.30. The highest BCUT2D eigenvalue weighted by Gasteiger charge is 2.32. The lowest BCUT2D eigenvalue weighted by Gasteiger charge is -2.30. The summed E-state index contributed by atoms with van der Waals surface area (Å²) < 4.78 is 27.4. The van der Waals surface area contributed by atoms with Crippen LogP contribution in [0.3, 0.4) is 0 Å². The van der Waals surface area contributed by atoms with Crippen LogP contribution in [0.4, 0.5) is 5.69 Å². The van der Waals surface area contributed by atoms with Crippen molar-refractivity contribution in [1.82, 2.24) is 4.31 Å². The van der Waals surface area contributed by atoms with Crippen molar-refractivity contribution in [3.63, 3.8) is 0 Å². The van der Waals surface area contributed by atoms with Crippen LogP contribution in [-0.2, 0) is 20.2 Å². The van der Waals surface area contributed by atoms with Crippen molar-refractivity contribution >= 4 is 21.6 Å². The molecule has 158 valence electrons. The van der Waals surface area contributed by atoms with E-state index in [1.165, 1.54) is 4.31 Å². The number of nitriles is 1. The van der Waals surface area contributed by atoms with Crippen molar-refractivity contribution in [2.75, 3.05) is 18.4 Å². The normalized spacial score (nSPS) is 16.1.